The summed E-state index contributed by atoms with van der Waals surface area (Å²) in [4.78, 5) is 12.0. The van der Waals surface area contributed by atoms with E-state index in [0.717, 1.165) is 33.8 Å². The summed E-state index contributed by atoms with van der Waals surface area (Å²) in [6.07, 6.45) is 1.42. The molecule has 5 heteroatoms. The number of fused-ring (bicyclic) bond motifs is 1. The van der Waals surface area contributed by atoms with Crippen molar-refractivity contribution in [1.82, 2.24) is 5.32 Å². The number of halogens is 1. The molecule has 3 rings (SSSR count). The number of alkyl carbamates (subject to hydrolysis) is 1. The van der Waals surface area contributed by atoms with Crippen LogP contribution in [-0.4, -0.2) is 23.8 Å². The zero-order chi connectivity index (χ0) is 17.4. The first-order valence-corrected chi connectivity index (χ1v) is 8.89. The minimum absolute atomic E-state index is 0.309. The van der Waals surface area contributed by atoms with Crippen LogP contribution >= 0.6 is 15.9 Å². The molecule has 0 radical (unpaired) electrons. The summed E-state index contributed by atoms with van der Waals surface area (Å²) in [6, 6.07) is 12.0. The summed E-state index contributed by atoms with van der Waals surface area (Å²) in [5.41, 5.74) is -0.806. The third-order valence-corrected chi connectivity index (χ3v) is 4.65. The molecule has 0 unspecified atom stereocenters. The van der Waals surface area contributed by atoms with Gasteiger partial charge in [-0.15, -0.1) is 0 Å². The Morgan fingerprint density at radius 3 is 2.46 bits per heavy atom. The van der Waals surface area contributed by atoms with Crippen molar-refractivity contribution in [3.8, 4) is 5.75 Å². The lowest BCUT2D eigenvalue weighted by molar-refractivity contribution is 0.0477. The molecule has 0 heterocycles. The second-order valence-corrected chi connectivity index (χ2v) is 8.14. The Morgan fingerprint density at radius 2 is 1.83 bits per heavy atom. The Bertz CT molecular complexity index is 763. The standard InChI is InChI=1S/C19H22BrNO3/c1-18(2,3)24-17(22)21-19(10-11-19)12-23-16-9-8-15(20)13-6-4-5-7-14(13)16/h4-9H,10-12H2,1-3H3,(H,21,22). The Labute approximate surface area is 150 Å². The first-order chi connectivity index (χ1) is 11.3. The first-order valence-electron chi connectivity index (χ1n) is 8.09. The van der Waals surface area contributed by atoms with Crippen molar-refractivity contribution in [1.29, 1.82) is 0 Å². The molecule has 0 spiro atoms. The molecule has 24 heavy (non-hydrogen) atoms. The molecule has 1 N–H and O–H groups in total. The van der Waals surface area contributed by atoms with Crippen molar-refractivity contribution in [2.75, 3.05) is 6.61 Å². The van der Waals surface area contributed by atoms with Crippen LogP contribution in [0.4, 0.5) is 4.79 Å². The summed E-state index contributed by atoms with van der Waals surface area (Å²) in [7, 11) is 0. The molecule has 0 saturated heterocycles. The predicted molar refractivity (Wildman–Crippen MR) is 98.5 cm³/mol. The van der Waals surface area contributed by atoms with E-state index < -0.39 is 5.60 Å². The molecule has 0 atom stereocenters. The lowest BCUT2D eigenvalue weighted by Crippen LogP contribution is -2.44. The van der Waals surface area contributed by atoms with Crippen LogP contribution in [0.3, 0.4) is 0 Å². The van der Waals surface area contributed by atoms with E-state index in [1.807, 2.05) is 51.1 Å². The van der Waals surface area contributed by atoms with Crippen LogP contribution in [0.2, 0.25) is 0 Å². The van der Waals surface area contributed by atoms with Gasteiger partial charge in [-0.1, -0.05) is 40.2 Å². The predicted octanol–water partition coefficient (Wildman–Crippen LogP) is 5.04. The molecule has 0 bridgehead atoms. The van der Waals surface area contributed by atoms with Crippen molar-refractivity contribution in [3.05, 3.63) is 40.9 Å². The fourth-order valence-corrected chi connectivity index (χ4v) is 3.03. The van der Waals surface area contributed by atoms with Gasteiger partial charge in [-0.25, -0.2) is 4.79 Å². The topological polar surface area (TPSA) is 47.6 Å². The van der Waals surface area contributed by atoms with E-state index in [2.05, 4.69) is 27.3 Å². The smallest absolute Gasteiger partial charge is 0.408 e. The lowest BCUT2D eigenvalue weighted by Gasteiger charge is -2.23. The summed E-state index contributed by atoms with van der Waals surface area (Å²) in [6.45, 7) is 6.02. The molecule has 4 nitrogen and oxygen atoms in total. The van der Waals surface area contributed by atoms with Crippen LogP contribution in [0.25, 0.3) is 10.8 Å². The zero-order valence-corrected chi connectivity index (χ0v) is 15.8. The van der Waals surface area contributed by atoms with Crippen LogP contribution < -0.4 is 10.1 Å². The zero-order valence-electron chi connectivity index (χ0n) is 14.2. The summed E-state index contributed by atoms with van der Waals surface area (Å²) in [5.74, 6) is 0.825. The van der Waals surface area contributed by atoms with E-state index in [1.54, 1.807) is 0 Å². The van der Waals surface area contributed by atoms with Crippen molar-refractivity contribution >= 4 is 32.8 Å². The first kappa shape index (κ1) is 17.1. The molecule has 2 aromatic rings. The van der Waals surface area contributed by atoms with Gasteiger partial charge in [-0.3, -0.25) is 0 Å². The van der Waals surface area contributed by atoms with Gasteiger partial charge >= 0.3 is 6.09 Å². The maximum absolute atomic E-state index is 12.0. The number of ether oxygens (including phenoxy) is 2. The average molecular weight is 392 g/mol. The van der Waals surface area contributed by atoms with E-state index in [4.69, 9.17) is 9.47 Å². The number of carbonyl (C=O) groups excluding carboxylic acids is 1. The second kappa shape index (κ2) is 6.28. The third kappa shape index (κ3) is 4.01. The largest absolute Gasteiger partial charge is 0.490 e. The van der Waals surface area contributed by atoms with Gasteiger partial charge in [-0.2, -0.15) is 0 Å². The van der Waals surface area contributed by atoms with E-state index in [-0.39, 0.29) is 11.6 Å². The molecule has 0 aromatic heterocycles. The van der Waals surface area contributed by atoms with Gasteiger partial charge in [0.05, 0.1) is 5.54 Å². The van der Waals surface area contributed by atoms with Crippen molar-refractivity contribution < 1.29 is 14.3 Å². The Morgan fingerprint density at radius 1 is 1.17 bits per heavy atom. The minimum Gasteiger partial charge on any atom is -0.490 e. The maximum Gasteiger partial charge on any atom is 0.408 e. The fraction of sp³-hybridized carbons (Fsp3) is 0.421. The summed E-state index contributed by atoms with van der Waals surface area (Å²) < 4.78 is 12.4. The summed E-state index contributed by atoms with van der Waals surface area (Å²) in [5, 5.41) is 5.12. The number of nitrogens with one attached hydrogen (secondary N) is 1. The Balaban J connectivity index is 1.68. The number of amides is 1. The molecule has 1 amide bonds. The van der Waals surface area contributed by atoms with Gasteiger partial charge in [0.15, 0.2) is 0 Å². The monoisotopic (exact) mass is 391 g/mol. The molecule has 1 saturated carbocycles. The second-order valence-electron chi connectivity index (χ2n) is 7.29. The Kier molecular flexibility index (Phi) is 4.47. The van der Waals surface area contributed by atoms with Gasteiger partial charge in [0.25, 0.3) is 0 Å². The van der Waals surface area contributed by atoms with E-state index in [0.29, 0.717) is 6.61 Å². The fourth-order valence-electron chi connectivity index (χ4n) is 2.55. The van der Waals surface area contributed by atoms with Crippen LogP contribution in [0, 0.1) is 0 Å². The average Bonchev–Trinajstić information content (AvgIpc) is 3.24. The van der Waals surface area contributed by atoms with Crippen molar-refractivity contribution in [3.63, 3.8) is 0 Å². The molecular weight excluding hydrogens is 370 g/mol. The van der Waals surface area contributed by atoms with Gasteiger partial charge in [0.2, 0.25) is 0 Å². The third-order valence-electron chi connectivity index (χ3n) is 3.95. The summed E-state index contributed by atoms with van der Waals surface area (Å²) >= 11 is 3.57. The van der Waals surface area contributed by atoms with Crippen molar-refractivity contribution in [2.45, 2.75) is 44.8 Å². The normalized spacial score (nSPS) is 15.8. The number of hydrogen-bond donors (Lipinski definition) is 1. The van der Waals surface area contributed by atoms with E-state index in [9.17, 15) is 4.79 Å². The van der Waals surface area contributed by atoms with Gasteiger partial charge in [0, 0.05) is 9.86 Å². The highest BCUT2D eigenvalue weighted by Crippen LogP contribution is 2.38. The van der Waals surface area contributed by atoms with Crippen molar-refractivity contribution in [2.24, 2.45) is 0 Å². The minimum atomic E-state index is -0.497. The van der Waals surface area contributed by atoms with E-state index >= 15 is 0 Å². The van der Waals surface area contributed by atoms with Gasteiger partial charge in [0.1, 0.15) is 18.0 Å². The number of carbonyl (C=O) groups is 1. The highest BCUT2D eigenvalue weighted by atomic mass is 79.9. The van der Waals surface area contributed by atoms with Crippen LogP contribution in [0.1, 0.15) is 33.6 Å². The molecule has 0 aliphatic heterocycles. The van der Waals surface area contributed by atoms with E-state index in [1.165, 1.54) is 0 Å². The number of hydrogen-bond acceptors (Lipinski definition) is 3. The molecule has 1 fully saturated rings. The van der Waals surface area contributed by atoms with Crippen LogP contribution in [0.5, 0.6) is 5.75 Å². The van der Waals surface area contributed by atoms with Crippen LogP contribution in [0.15, 0.2) is 40.9 Å². The number of rotatable bonds is 4. The molecular formula is C19H22BrNO3. The van der Waals surface area contributed by atoms with Crippen LogP contribution in [-0.2, 0) is 4.74 Å². The van der Waals surface area contributed by atoms with Gasteiger partial charge < -0.3 is 14.8 Å². The highest BCUT2D eigenvalue weighted by Gasteiger charge is 2.46. The lowest BCUT2D eigenvalue weighted by atomic mass is 10.1. The maximum atomic E-state index is 12.0. The molecule has 128 valence electrons. The Hall–Kier alpha value is -1.75. The SMILES string of the molecule is CC(C)(C)OC(=O)NC1(COc2ccc(Br)c3ccccc23)CC1. The quantitative estimate of drug-likeness (QED) is 0.793. The highest BCUT2D eigenvalue weighted by molar-refractivity contribution is 9.10. The van der Waals surface area contributed by atoms with Gasteiger partial charge in [-0.05, 0) is 51.1 Å². The molecule has 1 aliphatic carbocycles. The number of benzene rings is 2. The molecule has 2 aromatic carbocycles. The molecule has 1 aliphatic rings.